The van der Waals surface area contributed by atoms with E-state index in [4.69, 9.17) is 0 Å². The second-order valence-corrected chi connectivity index (χ2v) is 10.6. The van der Waals surface area contributed by atoms with E-state index in [1.54, 1.807) is 0 Å². The summed E-state index contributed by atoms with van der Waals surface area (Å²) in [6.45, 7) is 8.13. The molecule has 1 nitrogen and oxygen atoms in total. The van der Waals surface area contributed by atoms with Gasteiger partial charge in [-0.05, 0) is 97.7 Å². The molecule has 3 saturated carbocycles. The predicted molar refractivity (Wildman–Crippen MR) is 105 cm³/mol. The zero-order valence-electron chi connectivity index (χ0n) is 16.8. The Morgan fingerprint density at radius 1 is 0.960 bits per heavy atom. The van der Waals surface area contributed by atoms with Crippen molar-refractivity contribution in [2.24, 2.45) is 46.3 Å². The van der Waals surface area contributed by atoms with Crippen LogP contribution in [0.15, 0.2) is 12.2 Å². The first kappa shape index (κ1) is 18.1. The van der Waals surface area contributed by atoms with E-state index < -0.39 is 0 Å². The molecule has 0 amide bonds. The molecule has 4 rings (SSSR count). The van der Waals surface area contributed by atoms with Crippen molar-refractivity contribution in [3.63, 3.8) is 0 Å². The highest BCUT2D eigenvalue weighted by atomic mass is 16.2. The Balaban J connectivity index is 1.57. The fraction of sp³-hybridized carbons (Fsp3) is 0.917. The van der Waals surface area contributed by atoms with Crippen LogP contribution in [-0.2, 0) is 0 Å². The standard InChI is InChI=1S/C24H40O/c1-17(7-6-16-25)20-11-12-21-19-10-9-18-8-4-5-14-23(18,2)22(19)13-15-24(20,21)3/h9-10,17-22,25H,4-8,11-16H2,1-3H3/t17-,18+,19+,20-,21+,22+,23-,24+/m0/s1. The van der Waals surface area contributed by atoms with Gasteiger partial charge in [-0.3, -0.25) is 0 Å². The second-order valence-electron chi connectivity index (χ2n) is 10.6. The average Bonchev–Trinajstić information content (AvgIpc) is 2.96. The first-order chi connectivity index (χ1) is 12.0. The zero-order valence-corrected chi connectivity index (χ0v) is 16.8. The molecule has 0 bridgehead atoms. The van der Waals surface area contributed by atoms with Crippen molar-refractivity contribution in [3.8, 4) is 0 Å². The van der Waals surface area contributed by atoms with Crippen LogP contribution >= 0.6 is 0 Å². The maximum Gasteiger partial charge on any atom is 0.0431 e. The Hall–Kier alpha value is -0.300. The summed E-state index contributed by atoms with van der Waals surface area (Å²) in [5.74, 6) is 5.26. The summed E-state index contributed by atoms with van der Waals surface area (Å²) >= 11 is 0. The molecule has 0 aromatic carbocycles. The lowest BCUT2D eigenvalue weighted by Gasteiger charge is -2.58. The molecule has 0 saturated heterocycles. The molecule has 142 valence electrons. The number of aliphatic hydroxyl groups excluding tert-OH is 1. The van der Waals surface area contributed by atoms with E-state index in [0.717, 1.165) is 41.9 Å². The third-order valence-corrected chi connectivity index (χ3v) is 9.65. The van der Waals surface area contributed by atoms with Crippen LogP contribution < -0.4 is 0 Å². The van der Waals surface area contributed by atoms with E-state index in [2.05, 4.69) is 32.9 Å². The monoisotopic (exact) mass is 344 g/mol. The van der Waals surface area contributed by atoms with Crippen molar-refractivity contribution in [2.75, 3.05) is 6.61 Å². The Kier molecular flexibility index (Phi) is 4.84. The van der Waals surface area contributed by atoms with Crippen LogP contribution in [0.25, 0.3) is 0 Å². The van der Waals surface area contributed by atoms with Crippen molar-refractivity contribution in [3.05, 3.63) is 12.2 Å². The summed E-state index contributed by atoms with van der Waals surface area (Å²) < 4.78 is 0. The lowest BCUT2D eigenvalue weighted by atomic mass is 9.46. The third-order valence-electron chi connectivity index (χ3n) is 9.65. The van der Waals surface area contributed by atoms with Crippen molar-refractivity contribution in [1.29, 1.82) is 0 Å². The lowest BCUT2D eigenvalue weighted by Crippen LogP contribution is -2.51. The van der Waals surface area contributed by atoms with Crippen molar-refractivity contribution < 1.29 is 5.11 Å². The molecule has 4 aliphatic rings. The molecule has 4 aliphatic carbocycles. The van der Waals surface area contributed by atoms with Crippen LogP contribution in [0.4, 0.5) is 0 Å². The van der Waals surface area contributed by atoms with Gasteiger partial charge in [-0.2, -0.15) is 0 Å². The topological polar surface area (TPSA) is 20.2 Å². The lowest BCUT2D eigenvalue weighted by molar-refractivity contribution is -0.0645. The Labute approximate surface area is 155 Å². The highest BCUT2D eigenvalue weighted by molar-refractivity contribution is 5.17. The Morgan fingerprint density at radius 3 is 2.56 bits per heavy atom. The number of allylic oxidation sites excluding steroid dienone is 2. The normalized spacial score (nSPS) is 50.0. The first-order valence-electron chi connectivity index (χ1n) is 11.3. The van der Waals surface area contributed by atoms with Crippen molar-refractivity contribution in [1.82, 2.24) is 0 Å². The Morgan fingerprint density at radius 2 is 1.76 bits per heavy atom. The van der Waals surface area contributed by atoms with Gasteiger partial charge < -0.3 is 5.11 Å². The first-order valence-corrected chi connectivity index (χ1v) is 11.3. The minimum atomic E-state index is 0.365. The van der Waals surface area contributed by atoms with Crippen LogP contribution in [0.3, 0.4) is 0 Å². The van der Waals surface area contributed by atoms with E-state index in [9.17, 15) is 5.11 Å². The summed E-state index contributed by atoms with van der Waals surface area (Å²) in [4.78, 5) is 0. The van der Waals surface area contributed by atoms with E-state index in [1.165, 1.54) is 57.8 Å². The van der Waals surface area contributed by atoms with Crippen molar-refractivity contribution >= 4 is 0 Å². The van der Waals surface area contributed by atoms with E-state index >= 15 is 0 Å². The van der Waals surface area contributed by atoms with Gasteiger partial charge in [-0.25, -0.2) is 0 Å². The average molecular weight is 345 g/mol. The van der Waals surface area contributed by atoms with Gasteiger partial charge in [0.05, 0.1) is 0 Å². The smallest absolute Gasteiger partial charge is 0.0431 e. The molecular weight excluding hydrogens is 304 g/mol. The quantitative estimate of drug-likeness (QED) is 0.600. The molecule has 1 N–H and O–H groups in total. The third kappa shape index (κ3) is 2.75. The maximum atomic E-state index is 9.24. The van der Waals surface area contributed by atoms with Crippen LogP contribution in [0, 0.1) is 46.3 Å². The van der Waals surface area contributed by atoms with Gasteiger partial charge in [-0.1, -0.05) is 45.8 Å². The molecule has 25 heavy (non-hydrogen) atoms. The van der Waals surface area contributed by atoms with E-state index in [0.29, 0.717) is 17.4 Å². The van der Waals surface area contributed by atoms with Gasteiger partial charge in [0.15, 0.2) is 0 Å². The number of rotatable bonds is 4. The van der Waals surface area contributed by atoms with Gasteiger partial charge in [0.2, 0.25) is 0 Å². The van der Waals surface area contributed by atoms with Gasteiger partial charge in [0, 0.05) is 6.61 Å². The van der Waals surface area contributed by atoms with Gasteiger partial charge in [0.1, 0.15) is 0 Å². The van der Waals surface area contributed by atoms with Gasteiger partial charge >= 0.3 is 0 Å². The second kappa shape index (κ2) is 6.70. The molecule has 8 atom stereocenters. The maximum absolute atomic E-state index is 9.24. The van der Waals surface area contributed by atoms with Crippen LogP contribution in [0.5, 0.6) is 0 Å². The summed E-state index contributed by atoms with van der Waals surface area (Å²) in [6, 6.07) is 0. The Bertz CT molecular complexity index is 510. The largest absolute Gasteiger partial charge is 0.396 e. The van der Waals surface area contributed by atoms with E-state index in [1.807, 2.05) is 0 Å². The fourth-order valence-corrected chi connectivity index (χ4v) is 8.25. The molecule has 0 aliphatic heterocycles. The summed E-state index contributed by atoms with van der Waals surface area (Å²) in [5.41, 5.74) is 1.15. The number of hydrogen-bond acceptors (Lipinski definition) is 1. The summed E-state index contributed by atoms with van der Waals surface area (Å²) in [7, 11) is 0. The minimum Gasteiger partial charge on any atom is -0.396 e. The molecule has 0 aromatic heterocycles. The number of fused-ring (bicyclic) bond motifs is 5. The number of hydrogen-bond donors (Lipinski definition) is 1. The molecule has 1 heteroatoms. The van der Waals surface area contributed by atoms with Gasteiger partial charge in [-0.15, -0.1) is 0 Å². The predicted octanol–water partition coefficient (Wildman–Crippen LogP) is 6.22. The van der Waals surface area contributed by atoms with Crippen molar-refractivity contribution in [2.45, 2.75) is 85.0 Å². The molecule has 0 aromatic rings. The molecule has 0 heterocycles. The zero-order chi connectivity index (χ0) is 17.7. The van der Waals surface area contributed by atoms with Gasteiger partial charge in [0.25, 0.3) is 0 Å². The summed E-state index contributed by atoms with van der Waals surface area (Å²) in [6.07, 6.45) is 19.2. The van der Waals surface area contributed by atoms with Crippen LogP contribution in [0.1, 0.15) is 85.0 Å². The summed E-state index contributed by atoms with van der Waals surface area (Å²) in [5, 5.41) is 9.24. The van der Waals surface area contributed by atoms with Crippen LogP contribution in [0.2, 0.25) is 0 Å². The fourth-order valence-electron chi connectivity index (χ4n) is 8.25. The molecule has 0 radical (unpaired) electrons. The minimum absolute atomic E-state index is 0.365. The number of aliphatic hydroxyl groups is 1. The molecule has 3 fully saturated rings. The molecule has 0 unspecified atom stereocenters. The highest BCUT2D eigenvalue weighted by Crippen LogP contribution is 2.66. The SMILES string of the molecule is C[C@@H](CCCO)[C@@H]1CC[C@@H]2[C@H]3C=C[C@H]4CCCC[C@]4(C)[C@@H]3CC[C@@]21C. The van der Waals surface area contributed by atoms with E-state index in [-0.39, 0.29) is 0 Å². The highest BCUT2D eigenvalue weighted by Gasteiger charge is 2.58. The molecule has 0 spiro atoms. The van der Waals surface area contributed by atoms with Crippen LogP contribution in [-0.4, -0.2) is 11.7 Å². The molecular formula is C24H40O.